The van der Waals surface area contributed by atoms with Crippen molar-refractivity contribution in [3.63, 3.8) is 0 Å². The summed E-state index contributed by atoms with van der Waals surface area (Å²) >= 11 is 0. The summed E-state index contributed by atoms with van der Waals surface area (Å²) in [5.74, 6) is -0.637. The third kappa shape index (κ3) is 1.34. The predicted octanol–water partition coefficient (Wildman–Crippen LogP) is -1.42. The molecule has 0 saturated carbocycles. The topological polar surface area (TPSA) is 119 Å². The number of aromatic hydroxyl groups is 1. The van der Waals surface area contributed by atoms with Gasteiger partial charge in [-0.05, 0) is 0 Å². The number of hydrogen-bond acceptors (Lipinski definition) is 5. The Morgan fingerprint density at radius 1 is 1.33 bits per heavy atom. The number of aromatic amines is 2. The molecule has 0 saturated heterocycles. The van der Waals surface area contributed by atoms with E-state index in [4.69, 9.17) is 10.3 Å². The van der Waals surface area contributed by atoms with Crippen molar-refractivity contribution < 1.29 is 10.3 Å². The normalized spacial score (nSPS) is 10.7. The van der Waals surface area contributed by atoms with Crippen molar-refractivity contribution in [2.45, 2.75) is 0 Å². The smallest absolute Gasteiger partial charge is 0.328 e. The minimum atomic E-state index is -0.826. The Morgan fingerprint density at radius 2 is 2.00 bits per heavy atom. The van der Waals surface area contributed by atoms with Gasteiger partial charge in [0.05, 0.1) is 6.21 Å². The van der Waals surface area contributed by atoms with Crippen LogP contribution in [0, 0.1) is 0 Å². The Labute approximate surface area is 65.0 Å². The second-order valence-electron chi connectivity index (χ2n) is 1.92. The lowest BCUT2D eigenvalue weighted by Gasteiger charge is -1.93. The fraction of sp³-hybridized carbons (Fsp3) is 0. The van der Waals surface area contributed by atoms with Crippen molar-refractivity contribution in [1.82, 2.24) is 9.97 Å². The van der Waals surface area contributed by atoms with E-state index >= 15 is 0 Å². The van der Waals surface area contributed by atoms with E-state index in [0.717, 1.165) is 0 Å². The van der Waals surface area contributed by atoms with Gasteiger partial charge in [0.1, 0.15) is 5.56 Å². The number of rotatable bonds is 1. The van der Waals surface area contributed by atoms with Gasteiger partial charge in [0.2, 0.25) is 5.88 Å². The summed E-state index contributed by atoms with van der Waals surface area (Å²) in [4.78, 5) is 25.0. The molecule has 1 aromatic heterocycles. The van der Waals surface area contributed by atoms with Crippen molar-refractivity contribution in [3.05, 3.63) is 26.4 Å². The van der Waals surface area contributed by atoms with E-state index in [9.17, 15) is 9.59 Å². The van der Waals surface area contributed by atoms with Gasteiger partial charge in [-0.2, -0.15) is 0 Å². The van der Waals surface area contributed by atoms with E-state index in [1.54, 1.807) is 0 Å². The first-order valence-electron chi connectivity index (χ1n) is 2.88. The van der Waals surface area contributed by atoms with Crippen LogP contribution in [0.3, 0.4) is 0 Å². The number of hydrogen-bond donors (Lipinski definition) is 4. The Balaban J connectivity index is 3.49. The zero-order chi connectivity index (χ0) is 9.14. The molecule has 0 spiro atoms. The van der Waals surface area contributed by atoms with Crippen LogP contribution >= 0.6 is 0 Å². The third-order valence-corrected chi connectivity index (χ3v) is 1.15. The van der Waals surface area contributed by atoms with Gasteiger partial charge in [-0.25, -0.2) is 4.79 Å². The minimum absolute atomic E-state index is 0.308. The lowest BCUT2D eigenvalue weighted by molar-refractivity contribution is 0.321. The van der Waals surface area contributed by atoms with Gasteiger partial charge in [0, 0.05) is 0 Å². The van der Waals surface area contributed by atoms with E-state index < -0.39 is 17.1 Å². The standard InChI is InChI=1S/C5H5N3O4/c9-3-2(1-6-12)4(10)8-5(11)7-3/h1,12H,(H3,7,8,9,10,11). The van der Waals surface area contributed by atoms with Crippen LogP contribution in [-0.2, 0) is 0 Å². The van der Waals surface area contributed by atoms with Crippen LogP contribution in [-0.4, -0.2) is 26.5 Å². The third-order valence-electron chi connectivity index (χ3n) is 1.15. The summed E-state index contributed by atoms with van der Waals surface area (Å²) in [6, 6.07) is 0. The summed E-state index contributed by atoms with van der Waals surface area (Å²) in [6.07, 6.45) is 0.712. The number of nitrogens with zero attached hydrogens (tertiary/aromatic N) is 1. The summed E-state index contributed by atoms with van der Waals surface area (Å²) in [5.41, 5.74) is -1.96. The molecule has 7 nitrogen and oxygen atoms in total. The first-order valence-corrected chi connectivity index (χ1v) is 2.88. The first kappa shape index (κ1) is 8.05. The van der Waals surface area contributed by atoms with Crippen LogP contribution in [0.5, 0.6) is 5.88 Å². The SMILES string of the molecule is O=c1[nH]c(O)c(C=NO)c(=O)[nH]1. The highest BCUT2D eigenvalue weighted by molar-refractivity contribution is 5.81. The van der Waals surface area contributed by atoms with Crippen LogP contribution in [0.25, 0.3) is 0 Å². The highest BCUT2D eigenvalue weighted by Crippen LogP contribution is 1.99. The highest BCUT2D eigenvalue weighted by Gasteiger charge is 2.04. The monoisotopic (exact) mass is 171 g/mol. The fourth-order valence-corrected chi connectivity index (χ4v) is 0.662. The molecule has 0 atom stereocenters. The highest BCUT2D eigenvalue weighted by atomic mass is 16.4. The molecule has 0 aliphatic carbocycles. The molecule has 0 radical (unpaired) electrons. The molecule has 0 aromatic carbocycles. The minimum Gasteiger partial charge on any atom is -0.494 e. The number of H-pyrrole nitrogens is 2. The maximum Gasteiger partial charge on any atom is 0.328 e. The summed E-state index contributed by atoms with van der Waals surface area (Å²) in [7, 11) is 0. The van der Waals surface area contributed by atoms with Crippen LogP contribution in [0.15, 0.2) is 14.7 Å². The Kier molecular flexibility index (Phi) is 1.95. The molecule has 0 fully saturated rings. The Morgan fingerprint density at radius 3 is 2.50 bits per heavy atom. The first-order chi connectivity index (χ1) is 5.65. The Hall–Kier alpha value is -2.05. The number of nitrogens with one attached hydrogen (secondary N) is 2. The van der Waals surface area contributed by atoms with Crippen LogP contribution in [0.4, 0.5) is 0 Å². The van der Waals surface area contributed by atoms with E-state index in [1.807, 2.05) is 9.97 Å². The molecule has 64 valence electrons. The Bertz CT molecular complexity index is 415. The molecule has 1 rings (SSSR count). The van der Waals surface area contributed by atoms with Gasteiger partial charge >= 0.3 is 5.69 Å². The zero-order valence-electron chi connectivity index (χ0n) is 5.74. The van der Waals surface area contributed by atoms with Gasteiger partial charge in [0.25, 0.3) is 5.56 Å². The molecule has 0 unspecified atom stereocenters. The van der Waals surface area contributed by atoms with Gasteiger partial charge in [-0.3, -0.25) is 14.8 Å². The van der Waals surface area contributed by atoms with E-state index in [0.29, 0.717) is 6.21 Å². The predicted molar refractivity (Wildman–Crippen MR) is 38.7 cm³/mol. The fourth-order valence-electron chi connectivity index (χ4n) is 0.662. The van der Waals surface area contributed by atoms with E-state index in [1.165, 1.54) is 0 Å². The molecule has 0 aliphatic rings. The molecule has 1 heterocycles. The van der Waals surface area contributed by atoms with Gasteiger partial charge < -0.3 is 10.3 Å². The van der Waals surface area contributed by atoms with Crippen LogP contribution < -0.4 is 11.2 Å². The lowest BCUT2D eigenvalue weighted by Crippen LogP contribution is -2.24. The van der Waals surface area contributed by atoms with Crippen molar-refractivity contribution in [1.29, 1.82) is 0 Å². The average molecular weight is 171 g/mol. The maximum absolute atomic E-state index is 10.8. The van der Waals surface area contributed by atoms with Crippen molar-refractivity contribution >= 4 is 6.21 Å². The second kappa shape index (κ2) is 2.91. The van der Waals surface area contributed by atoms with Crippen molar-refractivity contribution in [2.75, 3.05) is 0 Å². The largest absolute Gasteiger partial charge is 0.494 e. The molecule has 1 aromatic rings. The summed E-state index contributed by atoms with van der Waals surface area (Å²) in [6.45, 7) is 0. The lowest BCUT2D eigenvalue weighted by atomic mass is 10.3. The number of oxime groups is 1. The second-order valence-corrected chi connectivity index (χ2v) is 1.92. The summed E-state index contributed by atoms with van der Waals surface area (Å²) in [5, 5.41) is 19.5. The summed E-state index contributed by atoms with van der Waals surface area (Å²) < 4.78 is 0. The van der Waals surface area contributed by atoms with E-state index in [2.05, 4.69) is 5.16 Å². The van der Waals surface area contributed by atoms with Crippen molar-refractivity contribution in [2.24, 2.45) is 5.16 Å². The van der Waals surface area contributed by atoms with Gasteiger partial charge in [-0.1, -0.05) is 5.16 Å². The molecule has 4 N–H and O–H groups in total. The van der Waals surface area contributed by atoms with Gasteiger partial charge in [-0.15, -0.1) is 0 Å². The van der Waals surface area contributed by atoms with Crippen molar-refractivity contribution in [3.8, 4) is 5.88 Å². The average Bonchev–Trinajstić information content (AvgIpc) is 1.96. The molecule has 12 heavy (non-hydrogen) atoms. The van der Waals surface area contributed by atoms with Crippen LogP contribution in [0.1, 0.15) is 5.56 Å². The maximum atomic E-state index is 10.8. The molecule has 0 bridgehead atoms. The van der Waals surface area contributed by atoms with Crippen LogP contribution in [0.2, 0.25) is 0 Å². The molecule has 0 amide bonds. The zero-order valence-corrected chi connectivity index (χ0v) is 5.74. The van der Waals surface area contributed by atoms with Gasteiger partial charge in [0.15, 0.2) is 0 Å². The van der Waals surface area contributed by atoms with E-state index in [-0.39, 0.29) is 5.56 Å². The molecule has 0 aliphatic heterocycles. The quantitative estimate of drug-likeness (QED) is 0.235. The molecular weight excluding hydrogens is 166 g/mol. The number of aromatic nitrogens is 2. The molecule has 7 heteroatoms. The molecular formula is C5H5N3O4.